The van der Waals surface area contributed by atoms with Gasteiger partial charge in [0.05, 0.1) is 6.07 Å². The number of nitriles is 1. The predicted molar refractivity (Wildman–Crippen MR) is 63.6 cm³/mol. The number of benzene rings is 1. The minimum atomic E-state index is -0.0565. The fourth-order valence-electron chi connectivity index (χ4n) is 1.50. The Hall–Kier alpha value is -1.49. The van der Waals surface area contributed by atoms with E-state index < -0.39 is 0 Å². The molecule has 0 amide bonds. The average molecular weight is 202 g/mol. The van der Waals surface area contributed by atoms with E-state index in [9.17, 15) is 0 Å². The van der Waals surface area contributed by atoms with Gasteiger partial charge in [-0.1, -0.05) is 44.4 Å². The summed E-state index contributed by atoms with van der Waals surface area (Å²) in [6.45, 7) is 2.17. The van der Waals surface area contributed by atoms with Crippen LogP contribution in [0.25, 0.3) is 0 Å². The second kappa shape index (κ2) is 6.89. The second-order valence-electron chi connectivity index (χ2n) is 3.69. The Bertz CT molecular complexity index is 300. The van der Waals surface area contributed by atoms with Crippen LogP contribution < -0.4 is 5.32 Å². The van der Waals surface area contributed by atoms with Crippen molar-refractivity contribution in [3.63, 3.8) is 0 Å². The Balaban J connectivity index is 2.38. The molecule has 0 bridgehead atoms. The molecular weight excluding hydrogens is 184 g/mol. The van der Waals surface area contributed by atoms with Crippen LogP contribution in [0.2, 0.25) is 0 Å². The van der Waals surface area contributed by atoms with Gasteiger partial charge in [-0.25, -0.2) is 0 Å². The number of anilines is 1. The lowest BCUT2D eigenvalue weighted by Gasteiger charge is -2.12. The Kier molecular flexibility index (Phi) is 5.32. The second-order valence-corrected chi connectivity index (χ2v) is 3.69. The van der Waals surface area contributed by atoms with Crippen molar-refractivity contribution in [2.75, 3.05) is 5.32 Å². The van der Waals surface area contributed by atoms with E-state index in [1.54, 1.807) is 0 Å². The largest absolute Gasteiger partial charge is 0.370 e. The van der Waals surface area contributed by atoms with Crippen LogP contribution in [-0.4, -0.2) is 6.04 Å². The van der Waals surface area contributed by atoms with E-state index in [1.807, 2.05) is 30.3 Å². The third kappa shape index (κ3) is 4.51. The standard InChI is InChI=1S/C13H18N2/c1-2-3-5-10-13(11-14)15-12-8-6-4-7-9-12/h4,6-9,13,15H,2-3,5,10H2,1H3. The Morgan fingerprint density at radius 1 is 1.27 bits per heavy atom. The first-order valence-corrected chi connectivity index (χ1v) is 5.58. The zero-order valence-electron chi connectivity index (χ0n) is 9.24. The van der Waals surface area contributed by atoms with Gasteiger partial charge in [-0.3, -0.25) is 0 Å². The summed E-state index contributed by atoms with van der Waals surface area (Å²) < 4.78 is 0. The average Bonchev–Trinajstić information content (AvgIpc) is 2.29. The van der Waals surface area contributed by atoms with E-state index in [1.165, 1.54) is 12.8 Å². The molecule has 0 aromatic heterocycles. The molecule has 1 atom stereocenters. The molecule has 1 unspecified atom stereocenters. The molecule has 15 heavy (non-hydrogen) atoms. The molecule has 0 radical (unpaired) electrons. The number of nitrogens with zero attached hydrogens (tertiary/aromatic N) is 1. The highest BCUT2D eigenvalue weighted by Gasteiger charge is 2.05. The molecule has 0 saturated heterocycles. The fourth-order valence-corrected chi connectivity index (χ4v) is 1.50. The van der Waals surface area contributed by atoms with Crippen molar-refractivity contribution >= 4 is 5.69 Å². The highest BCUT2D eigenvalue weighted by molar-refractivity contribution is 5.44. The summed E-state index contributed by atoms with van der Waals surface area (Å²) in [5, 5.41) is 12.2. The third-order valence-electron chi connectivity index (χ3n) is 2.37. The first kappa shape index (κ1) is 11.6. The van der Waals surface area contributed by atoms with Crippen molar-refractivity contribution < 1.29 is 0 Å². The first-order valence-electron chi connectivity index (χ1n) is 5.58. The van der Waals surface area contributed by atoms with Crippen LogP contribution in [-0.2, 0) is 0 Å². The summed E-state index contributed by atoms with van der Waals surface area (Å²) in [7, 11) is 0. The quantitative estimate of drug-likeness (QED) is 0.716. The minimum Gasteiger partial charge on any atom is -0.370 e. The van der Waals surface area contributed by atoms with Gasteiger partial charge < -0.3 is 5.32 Å². The SMILES string of the molecule is CCCCCC(C#N)Nc1ccccc1. The van der Waals surface area contributed by atoms with Crippen LogP contribution in [0, 0.1) is 11.3 Å². The van der Waals surface area contributed by atoms with Gasteiger partial charge in [-0.05, 0) is 18.6 Å². The van der Waals surface area contributed by atoms with Gasteiger partial charge in [0.1, 0.15) is 6.04 Å². The molecule has 0 saturated carbocycles. The maximum absolute atomic E-state index is 8.97. The zero-order chi connectivity index (χ0) is 10.9. The normalized spacial score (nSPS) is 11.7. The molecule has 1 N–H and O–H groups in total. The van der Waals surface area contributed by atoms with Crippen molar-refractivity contribution in [3.05, 3.63) is 30.3 Å². The molecule has 1 aromatic carbocycles. The maximum atomic E-state index is 8.97. The Morgan fingerprint density at radius 3 is 2.60 bits per heavy atom. The lowest BCUT2D eigenvalue weighted by Crippen LogP contribution is -2.16. The molecule has 0 spiro atoms. The van der Waals surface area contributed by atoms with Gasteiger partial charge in [0.25, 0.3) is 0 Å². The number of rotatable bonds is 6. The molecule has 0 fully saturated rings. The number of hydrogen-bond donors (Lipinski definition) is 1. The number of nitrogens with one attached hydrogen (secondary N) is 1. The smallest absolute Gasteiger partial charge is 0.114 e. The van der Waals surface area contributed by atoms with Gasteiger partial charge in [0.2, 0.25) is 0 Å². The molecule has 0 aliphatic heterocycles. The molecule has 80 valence electrons. The van der Waals surface area contributed by atoms with Crippen molar-refractivity contribution in [2.45, 2.75) is 38.6 Å². The third-order valence-corrected chi connectivity index (χ3v) is 2.37. The summed E-state index contributed by atoms with van der Waals surface area (Å²) in [5.41, 5.74) is 1.03. The van der Waals surface area contributed by atoms with Crippen molar-refractivity contribution in [1.82, 2.24) is 0 Å². The first-order chi connectivity index (χ1) is 7.36. The number of hydrogen-bond acceptors (Lipinski definition) is 2. The molecule has 1 rings (SSSR count). The van der Waals surface area contributed by atoms with Crippen LogP contribution in [0.15, 0.2) is 30.3 Å². The Labute approximate surface area is 91.9 Å². The van der Waals surface area contributed by atoms with Gasteiger partial charge in [0.15, 0.2) is 0 Å². The van der Waals surface area contributed by atoms with E-state index in [0.717, 1.165) is 18.5 Å². The molecule has 1 aromatic rings. The van der Waals surface area contributed by atoms with Gasteiger partial charge >= 0.3 is 0 Å². The predicted octanol–water partition coefficient (Wildman–Crippen LogP) is 3.57. The summed E-state index contributed by atoms with van der Waals surface area (Å²) in [4.78, 5) is 0. The number of unbranched alkanes of at least 4 members (excludes halogenated alkanes) is 2. The van der Waals surface area contributed by atoms with Crippen molar-refractivity contribution in [1.29, 1.82) is 5.26 Å². The molecule has 2 nitrogen and oxygen atoms in total. The summed E-state index contributed by atoms with van der Waals surface area (Å²) in [6, 6.07) is 12.1. The summed E-state index contributed by atoms with van der Waals surface area (Å²) in [6.07, 6.45) is 4.45. The van der Waals surface area contributed by atoms with Crippen LogP contribution in [0.4, 0.5) is 5.69 Å². The molecular formula is C13H18N2. The highest BCUT2D eigenvalue weighted by Crippen LogP contribution is 2.11. The van der Waals surface area contributed by atoms with Gasteiger partial charge in [0, 0.05) is 5.69 Å². The summed E-state index contributed by atoms with van der Waals surface area (Å²) >= 11 is 0. The van der Waals surface area contributed by atoms with E-state index in [-0.39, 0.29) is 6.04 Å². The van der Waals surface area contributed by atoms with Crippen LogP contribution in [0.5, 0.6) is 0 Å². The Morgan fingerprint density at radius 2 is 2.00 bits per heavy atom. The molecule has 0 heterocycles. The number of para-hydroxylation sites is 1. The van der Waals surface area contributed by atoms with Crippen LogP contribution in [0.1, 0.15) is 32.6 Å². The molecule has 0 aliphatic rings. The topological polar surface area (TPSA) is 35.8 Å². The van der Waals surface area contributed by atoms with Gasteiger partial charge in [-0.15, -0.1) is 0 Å². The van der Waals surface area contributed by atoms with Crippen molar-refractivity contribution in [2.24, 2.45) is 0 Å². The van der Waals surface area contributed by atoms with Crippen LogP contribution >= 0.6 is 0 Å². The monoisotopic (exact) mass is 202 g/mol. The van der Waals surface area contributed by atoms with Gasteiger partial charge in [-0.2, -0.15) is 5.26 Å². The van der Waals surface area contributed by atoms with E-state index in [0.29, 0.717) is 0 Å². The van der Waals surface area contributed by atoms with Crippen molar-refractivity contribution in [3.8, 4) is 6.07 Å². The van der Waals surface area contributed by atoms with E-state index >= 15 is 0 Å². The fraction of sp³-hybridized carbons (Fsp3) is 0.462. The molecule has 2 heteroatoms. The van der Waals surface area contributed by atoms with Crippen LogP contribution in [0.3, 0.4) is 0 Å². The molecule has 0 aliphatic carbocycles. The van der Waals surface area contributed by atoms with E-state index in [2.05, 4.69) is 18.3 Å². The maximum Gasteiger partial charge on any atom is 0.114 e. The summed E-state index contributed by atoms with van der Waals surface area (Å²) in [5.74, 6) is 0. The zero-order valence-corrected chi connectivity index (χ0v) is 9.24. The highest BCUT2D eigenvalue weighted by atomic mass is 14.9. The lowest BCUT2D eigenvalue weighted by molar-refractivity contribution is 0.646. The minimum absolute atomic E-state index is 0.0565. The van der Waals surface area contributed by atoms with E-state index in [4.69, 9.17) is 5.26 Å². The lowest BCUT2D eigenvalue weighted by atomic mass is 10.1.